The maximum absolute atomic E-state index is 12.5. The van der Waals surface area contributed by atoms with E-state index in [2.05, 4.69) is 33.1 Å². The van der Waals surface area contributed by atoms with E-state index in [4.69, 9.17) is 4.74 Å². The highest BCUT2D eigenvalue weighted by Gasteiger charge is 2.23. The van der Waals surface area contributed by atoms with Crippen LogP contribution in [-0.4, -0.2) is 40.2 Å². The van der Waals surface area contributed by atoms with Crippen LogP contribution in [0.1, 0.15) is 24.8 Å². The van der Waals surface area contributed by atoms with Crippen LogP contribution >= 0.6 is 0 Å². The molecular weight excluding hydrogens is 446 g/mol. The van der Waals surface area contributed by atoms with Gasteiger partial charge in [0.05, 0.1) is 4.90 Å². The number of ether oxygens (including phenoxy) is 1. The van der Waals surface area contributed by atoms with Crippen molar-refractivity contribution in [2.45, 2.75) is 42.7 Å². The van der Waals surface area contributed by atoms with Crippen LogP contribution in [0.3, 0.4) is 0 Å². The summed E-state index contributed by atoms with van der Waals surface area (Å²) >= 11 is 0. The number of aryl methyl sites for hydroxylation is 1. The van der Waals surface area contributed by atoms with E-state index in [1.54, 1.807) is 30.3 Å². The minimum absolute atomic E-state index is 0.236. The standard InChI is InChI=1S/C27H31N3O3S/c31-34(32,26-7-2-1-3-8-26)29-23-11-13-24(14-12-23)30-18-16-22(17-19-30)28-20-25-15-10-21-6-4-5-9-27(21)33-25/h1-9,11-14,22,25,28-29H,10,15-20H2/t25-/m1/s1. The molecule has 0 unspecified atom stereocenters. The predicted octanol–water partition coefficient (Wildman–Crippen LogP) is 4.44. The molecule has 2 N–H and O–H groups in total. The summed E-state index contributed by atoms with van der Waals surface area (Å²) in [5.74, 6) is 1.03. The molecule has 2 heterocycles. The van der Waals surface area contributed by atoms with Gasteiger partial charge in [0, 0.05) is 37.1 Å². The number of anilines is 2. The first-order valence-electron chi connectivity index (χ1n) is 12.0. The summed E-state index contributed by atoms with van der Waals surface area (Å²) in [7, 11) is -3.57. The van der Waals surface area contributed by atoms with E-state index in [9.17, 15) is 8.42 Å². The minimum Gasteiger partial charge on any atom is -0.489 e. The molecule has 0 radical (unpaired) electrons. The van der Waals surface area contributed by atoms with Gasteiger partial charge in [0.1, 0.15) is 11.9 Å². The first kappa shape index (κ1) is 22.7. The first-order valence-corrected chi connectivity index (χ1v) is 13.5. The van der Waals surface area contributed by atoms with Crippen LogP contribution in [0.4, 0.5) is 11.4 Å². The number of nitrogens with one attached hydrogen (secondary N) is 2. The summed E-state index contributed by atoms with van der Waals surface area (Å²) < 4.78 is 33.9. The molecule has 3 aromatic carbocycles. The van der Waals surface area contributed by atoms with Gasteiger partial charge in [0.15, 0.2) is 0 Å². The van der Waals surface area contributed by atoms with Crippen molar-refractivity contribution in [1.82, 2.24) is 5.32 Å². The molecule has 1 fully saturated rings. The summed E-state index contributed by atoms with van der Waals surface area (Å²) in [5, 5.41) is 3.72. The Balaban J connectivity index is 1.09. The third-order valence-electron chi connectivity index (χ3n) is 6.67. The van der Waals surface area contributed by atoms with Gasteiger partial charge in [-0.3, -0.25) is 4.72 Å². The Bertz CT molecular complexity index is 1190. The van der Waals surface area contributed by atoms with Crippen LogP contribution in [0.5, 0.6) is 5.75 Å². The summed E-state index contributed by atoms with van der Waals surface area (Å²) in [6, 6.07) is 24.9. The minimum atomic E-state index is -3.57. The van der Waals surface area contributed by atoms with Crippen molar-refractivity contribution in [2.75, 3.05) is 29.3 Å². The van der Waals surface area contributed by atoms with Crippen molar-refractivity contribution in [1.29, 1.82) is 0 Å². The molecule has 2 aliphatic heterocycles. The van der Waals surface area contributed by atoms with E-state index in [0.717, 1.165) is 56.8 Å². The second-order valence-electron chi connectivity index (χ2n) is 9.02. The number of rotatable bonds is 7. The number of fused-ring (bicyclic) bond motifs is 1. The molecular formula is C27H31N3O3S. The van der Waals surface area contributed by atoms with Gasteiger partial charge in [-0.2, -0.15) is 0 Å². The lowest BCUT2D eigenvalue weighted by atomic mass is 10.0. The van der Waals surface area contributed by atoms with E-state index < -0.39 is 10.0 Å². The molecule has 1 atom stereocenters. The summed E-state index contributed by atoms with van der Waals surface area (Å²) in [4.78, 5) is 2.62. The van der Waals surface area contributed by atoms with Crippen molar-refractivity contribution >= 4 is 21.4 Å². The molecule has 0 spiro atoms. The van der Waals surface area contributed by atoms with Gasteiger partial charge in [0.25, 0.3) is 10.0 Å². The van der Waals surface area contributed by atoms with Crippen molar-refractivity contribution in [2.24, 2.45) is 0 Å². The maximum Gasteiger partial charge on any atom is 0.261 e. The highest BCUT2D eigenvalue weighted by molar-refractivity contribution is 7.92. The van der Waals surface area contributed by atoms with Crippen LogP contribution in [-0.2, 0) is 16.4 Å². The smallest absolute Gasteiger partial charge is 0.261 e. The molecule has 0 bridgehead atoms. The Hall–Kier alpha value is -3.03. The number of para-hydroxylation sites is 1. The van der Waals surface area contributed by atoms with Crippen molar-refractivity contribution < 1.29 is 13.2 Å². The van der Waals surface area contributed by atoms with Gasteiger partial charge in [-0.25, -0.2) is 8.42 Å². The zero-order chi connectivity index (χ0) is 23.4. The number of hydrogen-bond donors (Lipinski definition) is 2. The second-order valence-corrected chi connectivity index (χ2v) is 10.7. The van der Waals surface area contributed by atoms with Crippen molar-refractivity contribution in [3.8, 4) is 5.75 Å². The van der Waals surface area contributed by atoms with E-state index >= 15 is 0 Å². The van der Waals surface area contributed by atoms with Crippen LogP contribution in [0.25, 0.3) is 0 Å². The van der Waals surface area contributed by atoms with Gasteiger partial charge in [-0.15, -0.1) is 0 Å². The van der Waals surface area contributed by atoms with E-state index in [0.29, 0.717) is 11.7 Å². The van der Waals surface area contributed by atoms with Crippen LogP contribution in [0.15, 0.2) is 83.8 Å². The Morgan fingerprint density at radius 3 is 2.32 bits per heavy atom. The van der Waals surface area contributed by atoms with Crippen molar-refractivity contribution in [3.05, 3.63) is 84.4 Å². The van der Waals surface area contributed by atoms with Crippen LogP contribution in [0.2, 0.25) is 0 Å². The maximum atomic E-state index is 12.5. The average Bonchev–Trinajstić information content (AvgIpc) is 2.88. The summed E-state index contributed by atoms with van der Waals surface area (Å²) in [5.41, 5.74) is 3.00. The number of benzene rings is 3. The highest BCUT2D eigenvalue weighted by atomic mass is 32.2. The molecule has 0 saturated carbocycles. The monoisotopic (exact) mass is 477 g/mol. The summed E-state index contributed by atoms with van der Waals surface area (Å²) in [6.45, 7) is 2.83. The number of sulfonamides is 1. The molecule has 5 rings (SSSR count). The zero-order valence-electron chi connectivity index (χ0n) is 19.2. The Labute approximate surface area is 202 Å². The first-order chi connectivity index (χ1) is 16.6. The zero-order valence-corrected chi connectivity index (χ0v) is 20.0. The van der Waals surface area contributed by atoms with E-state index in [1.807, 2.05) is 30.3 Å². The molecule has 0 aliphatic carbocycles. The lowest BCUT2D eigenvalue weighted by molar-refractivity contribution is 0.164. The third kappa shape index (κ3) is 5.37. The second kappa shape index (κ2) is 10.1. The van der Waals surface area contributed by atoms with Gasteiger partial charge in [-0.1, -0.05) is 36.4 Å². The molecule has 7 heteroatoms. The molecule has 178 valence electrons. The number of hydrogen-bond acceptors (Lipinski definition) is 5. The number of nitrogens with zero attached hydrogens (tertiary/aromatic N) is 1. The van der Waals surface area contributed by atoms with Gasteiger partial charge >= 0.3 is 0 Å². The fraction of sp³-hybridized carbons (Fsp3) is 0.333. The molecule has 0 aromatic heterocycles. The van der Waals surface area contributed by atoms with Crippen LogP contribution < -0.4 is 19.7 Å². The molecule has 34 heavy (non-hydrogen) atoms. The topological polar surface area (TPSA) is 70.7 Å². The average molecular weight is 478 g/mol. The Kier molecular flexibility index (Phi) is 6.74. The normalized spacial score (nSPS) is 18.7. The summed E-state index contributed by atoms with van der Waals surface area (Å²) in [6.07, 6.45) is 4.53. The molecule has 6 nitrogen and oxygen atoms in total. The lowest BCUT2D eigenvalue weighted by Crippen LogP contribution is -2.46. The van der Waals surface area contributed by atoms with Gasteiger partial charge < -0.3 is 15.0 Å². The molecule has 3 aromatic rings. The molecule has 1 saturated heterocycles. The fourth-order valence-electron chi connectivity index (χ4n) is 4.72. The Morgan fingerprint density at radius 1 is 0.853 bits per heavy atom. The Morgan fingerprint density at radius 2 is 1.56 bits per heavy atom. The van der Waals surface area contributed by atoms with E-state index in [1.165, 1.54) is 5.56 Å². The fourth-order valence-corrected chi connectivity index (χ4v) is 5.80. The van der Waals surface area contributed by atoms with E-state index in [-0.39, 0.29) is 11.0 Å². The molecule has 2 aliphatic rings. The lowest BCUT2D eigenvalue weighted by Gasteiger charge is -2.35. The largest absolute Gasteiger partial charge is 0.489 e. The van der Waals surface area contributed by atoms with Crippen molar-refractivity contribution in [3.63, 3.8) is 0 Å². The SMILES string of the molecule is O=S(=O)(Nc1ccc(N2CCC(NC[C@H]3CCc4ccccc4O3)CC2)cc1)c1ccccc1. The molecule has 0 amide bonds. The van der Waals surface area contributed by atoms with Gasteiger partial charge in [0.2, 0.25) is 0 Å². The predicted molar refractivity (Wildman–Crippen MR) is 136 cm³/mol. The number of piperidine rings is 1. The third-order valence-corrected chi connectivity index (χ3v) is 8.07. The van der Waals surface area contributed by atoms with Gasteiger partial charge in [-0.05, 0) is 73.7 Å². The highest BCUT2D eigenvalue weighted by Crippen LogP contribution is 2.27. The quantitative estimate of drug-likeness (QED) is 0.527. The van der Waals surface area contributed by atoms with Crippen LogP contribution in [0, 0.1) is 0 Å².